The summed E-state index contributed by atoms with van der Waals surface area (Å²) >= 11 is 0. The van der Waals surface area contributed by atoms with Crippen molar-refractivity contribution in [3.8, 4) is 0 Å². The number of hydrogen-bond acceptors (Lipinski definition) is 2. The van der Waals surface area contributed by atoms with E-state index in [0.29, 0.717) is 19.4 Å². The predicted octanol–water partition coefficient (Wildman–Crippen LogP) is 2.86. The average molecular weight is 265 g/mol. The second-order valence-electron chi connectivity index (χ2n) is 5.71. The molecule has 4 atom stereocenters. The van der Waals surface area contributed by atoms with Gasteiger partial charge in [-0.1, -0.05) is 19.3 Å². The Morgan fingerprint density at radius 1 is 1.00 bits per heavy atom. The van der Waals surface area contributed by atoms with Crippen LogP contribution in [-0.4, -0.2) is 30.0 Å². The lowest BCUT2D eigenvalue weighted by atomic mass is 9.83. The van der Waals surface area contributed by atoms with Gasteiger partial charge >= 0.3 is 6.18 Å². The highest BCUT2D eigenvalue weighted by Crippen LogP contribution is 2.38. The first-order valence-electron chi connectivity index (χ1n) is 6.96. The topological polar surface area (TPSA) is 32.3 Å². The lowest BCUT2D eigenvalue weighted by Crippen LogP contribution is -2.47. The van der Waals surface area contributed by atoms with Gasteiger partial charge in [-0.25, -0.2) is 0 Å². The highest BCUT2D eigenvalue weighted by Gasteiger charge is 2.45. The van der Waals surface area contributed by atoms with E-state index in [1.807, 2.05) is 0 Å². The number of nitrogens with one attached hydrogen (secondary N) is 1. The summed E-state index contributed by atoms with van der Waals surface area (Å²) in [4.78, 5) is 0. The van der Waals surface area contributed by atoms with Crippen molar-refractivity contribution in [2.45, 2.75) is 63.3 Å². The maximum atomic E-state index is 12.9. The highest BCUT2D eigenvalue weighted by atomic mass is 19.4. The van der Waals surface area contributed by atoms with Crippen LogP contribution in [-0.2, 0) is 0 Å². The standard InChI is InChI=1S/C13H22F3NO/c14-13(15,16)10-5-1-2-6-11(10)17-8-9-4-3-7-12(9)18/h9-12,17-18H,1-8H2. The Hall–Kier alpha value is -0.290. The van der Waals surface area contributed by atoms with Gasteiger partial charge in [0, 0.05) is 12.6 Å². The van der Waals surface area contributed by atoms with Crippen LogP contribution >= 0.6 is 0 Å². The molecule has 2 N–H and O–H groups in total. The Bertz CT molecular complexity index is 269. The number of aliphatic hydroxyl groups is 1. The van der Waals surface area contributed by atoms with Crippen molar-refractivity contribution in [3.05, 3.63) is 0 Å². The third-order valence-corrected chi connectivity index (χ3v) is 4.45. The summed E-state index contributed by atoms with van der Waals surface area (Å²) in [5.74, 6) is -1.06. The maximum Gasteiger partial charge on any atom is 0.393 e. The Morgan fingerprint density at radius 2 is 1.72 bits per heavy atom. The van der Waals surface area contributed by atoms with Crippen LogP contribution in [0.1, 0.15) is 44.9 Å². The van der Waals surface area contributed by atoms with Crippen LogP contribution in [0.4, 0.5) is 13.2 Å². The lowest BCUT2D eigenvalue weighted by Gasteiger charge is -2.34. The van der Waals surface area contributed by atoms with Crippen molar-refractivity contribution in [1.29, 1.82) is 0 Å². The van der Waals surface area contributed by atoms with Crippen molar-refractivity contribution < 1.29 is 18.3 Å². The van der Waals surface area contributed by atoms with Crippen LogP contribution in [0.5, 0.6) is 0 Å². The fourth-order valence-electron chi connectivity index (χ4n) is 3.33. The SMILES string of the molecule is OC1CCCC1CNC1CCCCC1C(F)(F)F. The van der Waals surface area contributed by atoms with Crippen molar-refractivity contribution in [2.75, 3.05) is 6.54 Å². The van der Waals surface area contributed by atoms with E-state index in [9.17, 15) is 18.3 Å². The smallest absolute Gasteiger partial charge is 0.393 e. The molecular weight excluding hydrogens is 243 g/mol. The molecule has 4 unspecified atom stereocenters. The van der Waals surface area contributed by atoms with Crippen LogP contribution < -0.4 is 5.32 Å². The first kappa shape index (κ1) is 14.1. The molecule has 0 aliphatic heterocycles. The number of alkyl halides is 3. The second kappa shape index (κ2) is 5.78. The minimum atomic E-state index is -4.09. The van der Waals surface area contributed by atoms with E-state index >= 15 is 0 Å². The van der Waals surface area contributed by atoms with E-state index < -0.39 is 18.1 Å². The summed E-state index contributed by atoms with van der Waals surface area (Å²) in [5, 5.41) is 12.8. The van der Waals surface area contributed by atoms with Gasteiger partial charge in [0.05, 0.1) is 12.0 Å². The molecule has 18 heavy (non-hydrogen) atoms. The first-order chi connectivity index (χ1) is 8.48. The van der Waals surface area contributed by atoms with Gasteiger partial charge in [0.15, 0.2) is 0 Å². The van der Waals surface area contributed by atoms with E-state index in [2.05, 4.69) is 5.32 Å². The number of hydrogen-bond donors (Lipinski definition) is 2. The Balaban J connectivity index is 1.86. The molecule has 0 spiro atoms. The zero-order valence-electron chi connectivity index (χ0n) is 10.5. The normalized spacial score (nSPS) is 38.0. The molecule has 2 fully saturated rings. The molecule has 0 radical (unpaired) electrons. The van der Waals surface area contributed by atoms with Gasteiger partial charge in [0.2, 0.25) is 0 Å². The van der Waals surface area contributed by atoms with E-state index in [4.69, 9.17) is 0 Å². The molecule has 0 aromatic heterocycles. The fourth-order valence-corrected chi connectivity index (χ4v) is 3.33. The summed E-state index contributed by atoms with van der Waals surface area (Å²) in [6.45, 7) is 0.526. The third kappa shape index (κ3) is 3.38. The second-order valence-corrected chi connectivity index (χ2v) is 5.71. The molecular formula is C13H22F3NO. The molecule has 0 saturated heterocycles. The molecule has 2 rings (SSSR count). The maximum absolute atomic E-state index is 12.9. The van der Waals surface area contributed by atoms with Crippen molar-refractivity contribution in [3.63, 3.8) is 0 Å². The van der Waals surface area contributed by atoms with Crippen molar-refractivity contribution in [1.82, 2.24) is 5.32 Å². The van der Waals surface area contributed by atoms with Gasteiger partial charge in [-0.2, -0.15) is 13.2 Å². The third-order valence-electron chi connectivity index (χ3n) is 4.45. The zero-order valence-corrected chi connectivity index (χ0v) is 10.5. The molecule has 0 bridgehead atoms. The molecule has 0 heterocycles. The van der Waals surface area contributed by atoms with Crippen LogP contribution in [0.3, 0.4) is 0 Å². The van der Waals surface area contributed by atoms with Crippen molar-refractivity contribution >= 4 is 0 Å². The van der Waals surface area contributed by atoms with Crippen LogP contribution in [0.2, 0.25) is 0 Å². The highest BCUT2D eigenvalue weighted by molar-refractivity contribution is 4.87. The Kier molecular flexibility index (Phi) is 4.54. The van der Waals surface area contributed by atoms with Crippen molar-refractivity contribution in [2.24, 2.45) is 11.8 Å². The largest absolute Gasteiger partial charge is 0.393 e. The Morgan fingerprint density at radius 3 is 2.33 bits per heavy atom. The summed E-state index contributed by atoms with van der Waals surface area (Å²) in [6.07, 6.45) is 0.683. The summed E-state index contributed by atoms with van der Waals surface area (Å²) in [7, 11) is 0. The van der Waals surface area contributed by atoms with E-state index in [0.717, 1.165) is 25.7 Å². The molecule has 5 heteroatoms. The first-order valence-corrected chi connectivity index (χ1v) is 6.96. The van der Waals surface area contributed by atoms with Gasteiger partial charge in [0.25, 0.3) is 0 Å². The van der Waals surface area contributed by atoms with Gasteiger partial charge in [0.1, 0.15) is 0 Å². The minimum absolute atomic E-state index is 0.140. The predicted molar refractivity (Wildman–Crippen MR) is 63.2 cm³/mol. The van der Waals surface area contributed by atoms with Gasteiger partial charge in [-0.05, 0) is 31.6 Å². The van der Waals surface area contributed by atoms with Gasteiger partial charge in [-0.15, -0.1) is 0 Å². The average Bonchev–Trinajstić information content (AvgIpc) is 2.71. The number of halogens is 3. The molecule has 0 amide bonds. The number of rotatable bonds is 3. The lowest BCUT2D eigenvalue weighted by molar-refractivity contribution is -0.189. The summed E-state index contributed by atoms with van der Waals surface area (Å²) in [6, 6.07) is -0.452. The fraction of sp³-hybridized carbons (Fsp3) is 1.00. The molecule has 2 aliphatic carbocycles. The van der Waals surface area contributed by atoms with Crippen LogP contribution in [0, 0.1) is 11.8 Å². The Labute approximate surface area is 106 Å². The van der Waals surface area contributed by atoms with Crippen LogP contribution in [0.25, 0.3) is 0 Å². The molecule has 0 aromatic carbocycles. The zero-order chi connectivity index (χ0) is 13.2. The molecule has 2 saturated carbocycles. The molecule has 106 valence electrons. The summed E-state index contributed by atoms with van der Waals surface area (Å²) in [5.41, 5.74) is 0. The van der Waals surface area contributed by atoms with E-state index in [1.54, 1.807) is 0 Å². The minimum Gasteiger partial charge on any atom is -0.393 e. The van der Waals surface area contributed by atoms with Crippen LogP contribution in [0.15, 0.2) is 0 Å². The molecule has 2 aliphatic rings. The van der Waals surface area contributed by atoms with E-state index in [-0.39, 0.29) is 18.4 Å². The van der Waals surface area contributed by atoms with Gasteiger partial charge in [-0.3, -0.25) is 0 Å². The monoisotopic (exact) mass is 265 g/mol. The summed E-state index contributed by atoms with van der Waals surface area (Å²) < 4.78 is 38.6. The van der Waals surface area contributed by atoms with E-state index in [1.165, 1.54) is 0 Å². The number of aliphatic hydroxyl groups excluding tert-OH is 1. The van der Waals surface area contributed by atoms with Gasteiger partial charge < -0.3 is 10.4 Å². The molecule has 0 aromatic rings. The quantitative estimate of drug-likeness (QED) is 0.822. The molecule has 2 nitrogen and oxygen atoms in total.